The van der Waals surface area contributed by atoms with Crippen LogP contribution in [0.15, 0.2) is 83.8 Å². The summed E-state index contributed by atoms with van der Waals surface area (Å²) < 4.78 is 34.3. The summed E-state index contributed by atoms with van der Waals surface area (Å²) >= 11 is 0. The Hall–Kier alpha value is -3.85. The first-order valence-corrected chi connectivity index (χ1v) is 14.6. The maximum Gasteiger partial charge on any atom is 0.264 e. The summed E-state index contributed by atoms with van der Waals surface area (Å²) in [4.78, 5) is 28.5. The van der Waals surface area contributed by atoms with Crippen molar-refractivity contribution >= 4 is 27.5 Å². The summed E-state index contributed by atoms with van der Waals surface area (Å²) in [6.45, 7) is 8.03. The number of anilines is 1. The molecule has 1 atom stereocenters. The zero-order chi connectivity index (χ0) is 28.4. The third kappa shape index (κ3) is 7.60. The van der Waals surface area contributed by atoms with Crippen LogP contribution in [0, 0.1) is 6.92 Å². The highest BCUT2D eigenvalue weighted by Crippen LogP contribution is 2.26. The smallest absolute Gasteiger partial charge is 0.264 e. The van der Waals surface area contributed by atoms with E-state index >= 15 is 0 Å². The molecular weight excluding hydrogens is 514 g/mol. The van der Waals surface area contributed by atoms with Crippen molar-refractivity contribution < 1.29 is 22.7 Å². The minimum absolute atomic E-state index is 0.0311. The Morgan fingerprint density at radius 3 is 2.21 bits per heavy atom. The maximum atomic E-state index is 14.0. The number of amides is 2. The largest absolute Gasteiger partial charge is 0.494 e. The van der Waals surface area contributed by atoms with E-state index in [-0.39, 0.29) is 17.3 Å². The number of nitrogens with one attached hydrogen (secondary N) is 1. The normalized spacial score (nSPS) is 11.9. The molecule has 1 N–H and O–H groups in total. The van der Waals surface area contributed by atoms with Gasteiger partial charge in [-0.1, -0.05) is 55.0 Å². The van der Waals surface area contributed by atoms with E-state index in [4.69, 9.17) is 4.74 Å². The van der Waals surface area contributed by atoms with Gasteiger partial charge in [-0.25, -0.2) is 8.42 Å². The first kappa shape index (κ1) is 29.7. The number of rotatable bonds is 13. The van der Waals surface area contributed by atoms with Crippen molar-refractivity contribution in [2.24, 2.45) is 0 Å². The van der Waals surface area contributed by atoms with Gasteiger partial charge >= 0.3 is 0 Å². The van der Waals surface area contributed by atoms with E-state index in [0.29, 0.717) is 31.0 Å². The van der Waals surface area contributed by atoms with Crippen LogP contribution in [0.3, 0.4) is 0 Å². The van der Waals surface area contributed by atoms with Gasteiger partial charge in [0.15, 0.2) is 0 Å². The van der Waals surface area contributed by atoms with E-state index in [1.165, 1.54) is 17.0 Å². The lowest BCUT2D eigenvalue weighted by molar-refractivity contribution is -0.140. The molecule has 0 aliphatic carbocycles. The third-order valence-corrected chi connectivity index (χ3v) is 8.01. The molecule has 1 unspecified atom stereocenters. The summed E-state index contributed by atoms with van der Waals surface area (Å²) in [6.07, 6.45) is 0.375. The quantitative estimate of drug-likeness (QED) is 0.337. The minimum atomic E-state index is -4.13. The molecule has 3 aromatic carbocycles. The summed E-state index contributed by atoms with van der Waals surface area (Å²) in [5.74, 6) is -0.203. The lowest BCUT2D eigenvalue weighted by Gasteiger charge is -2.33. The van der Waals surface area contributed by atoms with E-state index in [0.717, 1.165) is 15.4 Å². The Bertz CT molecular complexity index is 1340. The van der Waals surface area contributed by atoms with Crippen LogP contribution in [-0.2, 0) is 26.2 Å². The maximum absolute atomic E-state index is 14.0. The number of sulfonamides is 1. The van der Waals surface area contributed by atoms with Crippen LogP contribution in [-0.4, -0.2) is 50.9 Å². The van der Waals surface area contributed by atoms with Gasteiger partial charge in [0.1, 0.15) is 18.3 Å². The molecule has 208 valence electrons. The zero-order valence-corrected chi connectivity index (χ0v) is 23.8. The minimum Gasteiger partial charge on any atom is -0.494 e. The van der Waals surface area contributed by atoms with E-state index in [9.17, 15) is 18.0 Å². The van der Waals surface area contributed by atoms with Crippen molar-refractivity contribution in [1.29, 1.82) is 0 Å². The van der Waals surface area contributed by atoms with Gasteiger partial charge in [-0.3, -0.25) is 13.9 Å². The second-order valence-electron chi connectivity index (χ2n) is 9.08. The molecule has 0 aliphatic heterocycles. The summed E-state index contributed by atoms with van der Waals surface area (Å²) in [5, 5.41) is 2.81. The Morgan fingerprint density at radius 2 is 1.62 bits per heavy atom. The second-order valence-corrected chi connectivity index (χ2v) is 10.9. The summed E-state index contributed by atoms with van der Waals surface area (Å²) in [5.41, 5.74) is 2.22. The van der Waals surface area contributed by atoms with Gasteiger partial charge in [-0.15, -0.1) is 0 Å². The molecule has 39 heavy (non-hydrogen) atoms. The van der Waals surface area contributed by atoms with Crippen LogP contribution < -0.4 is 14.4 Å². The topological polar surface area (TPSA) is 96.0 Å². The molecule has 0 bridgehead atoms. The molecule has 0 saturated carbocycles. The molecular formula is C30H37N3O5S. The average Bonchev–Trinajstić information content (AvgIpc) is 2.92. The molecule has 3 aromatic rings. The van der Waals surface area contributed by atoms with Crippen molar-refractivity contribution in [3.8, 4) is 5.75 Å². The monoisotopic (exact) mass is 551 g/mol. The average molecular weight is 552 g/mol. The highest BCUT2D eigenvalue weighted by atomic mass is 32.2. The molecule has 0 aliphatic rings. The third-order valence-electron chi connectivity index (χ3n) is 6.22. The summed E-state index contributed by atoms with van der Waals surface area (Å²) in [7, 11) is -4.13. The van der Waals surface area contributed by atoms with Crippen molar-refractivity contribution in [2.75, 3.05) is 24.0 Å². The van der Waals surface area contributed by atoms with Crippen molar-refractivity contribution in [3.05, 3.63) is 90.0 Å². The summed E-state index contributed by atoms with van der Waals surface area (Å²) in [6, 6.07) is 21.6. The highest BCUT2D eigenvalue weighted by Gasteiger charge is 2.33. The molecule has 2 amide bonds. The number of carbonyl (C=O) groups excluding carboxylic acids is 2. The Labute approximate surface area is 231 Å². The first-order chi connectivity index (χ1) is 18.7. The molecule has 3 rings (SSSR count). The van der Waals surface area contributed by atoms with Gasteiger partial charge in [0.25, 0.3) is 10.0 Å². The van der Waals surface area contributed by atoms with E-state index in [1.54, 1.807) is 42.5 Å². The number of benzene rings is 3. The molecule has 0 fully saturated rings. The Balaban J connectivity index is 2.02. The fraction of sp³-hybridized carbons (Fsp3) is 0.333. The van der Waals surface area contributed by atoms with Crippen LogP contribution >= 0.6 is 0 Å². The second kappa shape index (κ2) is 13.8. The zero-order valence-electron chi connectivity index (χ0n) is 23.0. The van der Waals surface area contributed by atoms with Gasteiger partial charge in [-0.2, -0.15) is 0 Å². The molecule has 0 saturated heterocycles. The van der Waals surface area contributed by atoms with E-state index < -0.39 is 28.5 Å². The van der Waals surface area contributed by atoms with Crippen LogP contribution in [0.25, 0.3) is 0 Å². The van der Waals surface area contributed by atoms with Gasteiger partial charge in [-0.05, 0) is 69.2 Å². The van der Waals surface area contributed by atoms with Gasteiger partial charge in [0.05, 0.1) is 17.2 Å². The predicted octanol–water partition coefficient (Wildman–Crippen LogP) is 4.53. The number of para-hydroxylation sites is 1. The van der Waals surface area contributed by atoms with Gasteiger partial charge < -0.3 is 15.0 Å². The number of ether oxygens (including phenoxy) is 1. The lowest BCUT2D eigenvalue weighted by Crippen LogP contribution is -2.52. The molecule has 0 heterocycles. The first-order valence-electron chi connectivity index (χ1n) is 13.1. The number of carbonyl (C=O) groups is 2. The molecule has 8 nitrogen and oxygen atoms in total. The van der Waals surface area contributed by atoms with Crippen molar-refractivity contribution in [1.82, 2.24) is 10.2 Å². The molecule has 9 heteroatoms. The SMILES string of the molecule is CCNC(=O)C(CC)N(Cc1cccc(C)c1)C(=O)CN(c1ccccc1)S(=O)(=O)c1ccc(OCC)cc1. The standard InChI is InChI=1S/C30H37N3O5S/c1-5-28(30(35)31-6-2)32(21-24-13-11-12-23(4)20-24)29(34)22-33(25-14-9-8-10-15-25)39(36,37)27-18-16-26(17-19-27)38-7-3/h8-20,28H,5-7,21-22H2,1-4H3,(H,31,35). The van der Waals surface area contributed by atoms with Crippen LogP contribution in [0.5, 0.6) is 5.75 Å². The van der Waals surface area contributed by atoms with E-state index in [1.807, 2.05) is 52.0 Å². The fourth-order valence-electron chi connectivity index (χ4n) is 4.34. The predicted molar refractivity (Wildman–Crippen MR) is 153 cm³/mol. The molecule has 0 aromatic heterocycles. The van der Waals surface area contributed by atoms with Crippen molar-refractivity contribution in [2.45, 2.75) is 51.6 Å². The fourth-order valence-corrected chi connectivity index (χ4v) is 5.76. The van der Waals surface area contributed by atoms with Gasteiger partial charge in [0.2, 0.25) is 11.8 Å². The molecule has 0 radical (unpaired) electrons. The highest BCUT2D eigenvalue weighted by molar-refractivity contribution is 7.92. The van der Waals surface area contributed by atoms with Crippen LogP contribution in [0.2, 0.25) is 0 Å². The Kier molecular flexibility index (Phi) is 10.5. The van der Waals surface area contributed by atoms with Crippen LogP contribution in [0.4, 0.5) is 5.69 Å². The van der Waals surface area contributed by atoms with E-state index in [2.05, 4.69) is 5.32 Å². The number of hydrogen-bond acceptors (Lipinski definition) is 5. The number of likely N-dealkylation sites (N-methyl/N-ethyl adjacent to an activating group) is 1. The van der Waals surface area contributed by atoms with Gasteiger partial charge in [0, 0.05) is 13.1 Å². The Morgan fingerprint density at radius 1 is 0.923 bits per heavy atom. The number of hydrogen-bond donors (Lipinski definition) is 1. The lowest BCUT2D eigenvalue weighted by atomic mass is 10.1. The van der Waals surface area contributed by atoms with Crippen molar-refractivity contribution in [3.63, 3.8) is 0 Å². The number of aryl methyl sites for hydroxylation is 1. The number of nitrogens with zero attached hydrogens (tertiary/aromatic N) is 2. The molecule has 0 spiro atoms. The van der Waals surface area contributed by atoms with Crippen LogP contribution in [0.1, 0.15) is 38.3 Å².